The number of carboxylic acid groups (broad SMARTS) is 1. The number of amides is 1. The number of fused-ring (bicyclic) bond motifs is 1. The van der Waals surface area contributed by atoms with E-state index in [0.29, 0.717) is 16.4 Å². The number of hydrogen-bond acceptors (Lipinski definition) is 8. The number of nitro groups is 1. The van der Waals surface area contributed by atoms with Gasteiger partial charge >= 0.3 is 5.97 Å². The van der Waals surface area contributed by atoms with Gasteiger partial charge in [-0.2, -0.15) is 0 Å². The maximum Gasteiger partial charge on any atom is 0.354 e. The van der Waals surface area contributed by atoms with Crippen molar-refractivity contribution in [3.05, 3.63) is 85.8 Å². The molecule has 11 heteroatoms. The van der Waals surface area contributed by atoms with Gasteiger partial charge in [0.2, 0.25) is 5.91 Å². The van der Waals surface area contributed by atoms with Crippen molar-refractivity contribution in [2.75, 3.05) is 12.3 Å². The molecule has 2 aromatic carbocycles. The smallest absolute Gasteiger partial charge is 0.354 e. The zero-order valence-corrected chi connectivity index (χ0v) is 23.2. The second-order valence-corrected chi connectivity index (χ2v) is 12.8. The lowest BCUT2D eigenvalue weighted by Gasteiger charge is -2.54. The fourth-order valence-electron chi connectivity index (χ4n) is 5.82. The van der Waals surface area contributed by atoms with Gasteiger partial charge in [-0.3, -0.25) is 24.7 Å². The number of non-ortho nitro benzene ring substituents is 1. The molecule has 5 rings (SSSR count). The fourth-order valence-corrected chi connectivity index (χ4v) is 9.22. The van der Waals surface area contributed by atoms with Crippen LogP contribution in [-0.4, -0.2) is 66.1 Å². The number of rotatable bonds is 11. The highest BCUT2D eigenvalue weighted by Gasteiger charge is 2.68. The number of carbonyl (C=O) groups is 2. The topological polar surface area (TPSA) is 124 Å². The van der Waals surface area contributed by atoms with E-state index in [-0.39, 0.29) is 23.8 Å². The lowest BCUT2D eigenvalue weighted by molar-refractivity contribution is -0.384. The molecule has 2 aromatic rings. The first-order valence-electron chi connectivity index (χ1n) is 13.1. The number of aliphatic hydroxyl groups is 1. The molecular weight excluding hydrogens is 538 g/mol. The Hall–Kier alpha value is -2.86. The van der Waals surface area contributed by atoms with Crippen LogP contribution in [-0.2, 0) is 22.6 Å². The molecule has 3 aliphatic rings. The molecule has 0 radical (unpaired) electrons. The van der Waals surface area contributed by atoms with E-state index in [1.165, 1.54) is 46.1 Å². The molecule has 0 bridgehead atoms. The number of nitro benzene ring substituents is 1. The van der Waals surface area contributed by atoms with Gasteiger partial charge in [-0.1, -0.05) is 61.2 Å². The van der Waals surface area contributed by atoms with Crippen molar-refractivity contribution < 1.29 is 24.7 Å². The summed E-state index contributed by atoms with van der Waals surface area (Å²) in [5.41, 5.74) is 1.91. The summed E-state index contributed by atoms with van der Waals surface area (Å²) in [6.45, 7) is 3.61. The Balaban J connectivity index is 1.38. The summed E-state index contributed by atoms with van der Waals surface area (Å²) in [5.74, 6) is -1.63. The largest absolute Gasteiger partial charge is 0.477 e. The lowest BCUT2D eigenvalue weighted by Crippen LogP contribution is -2.71. The Kier molecular flexibility index (Phi) is 8.04. The first kappa shape index (κ1) is 27.7. The van der Waals surface area contributed by atoms with E-state index in [9.17, 15) is 29.9 Å². The van der Waals surface area contributed by atoms with Gasteiger partial charge in [0.15, 0.2) is 5.70 Å². The molecule has 3 aliphatic heterocycles. The number of aliphatic carboxylic acids is 1. The Morgan fingerprint density at radius 2 is 1.92 bits per heavy atom. The van der Waals surface area contributed by atoms with Gasteiger partial charge in [0.25, 0.3) is 5.69 Å². The molecule has 1 amide bonds. The van der Waals surface area contributed by atoms with Crippen molar-refractivity contribution in [2.24, 2.45) is 5.92 Å². The standard InChI is InChI=1S/C28H31N3O6S2/c1-2-22(32)23-25(33)30-24(26(34)35)27(39-28(23,30)15-18-10-12-20(13-11-18)31(36)37)38-17-21-9-6-14-29(21)16-19-7-4-3-5-8-19/h3-5,7-8,10-13,21-23,32H,2,6,9,14-17H2,1H3,(H,34,35)/t21-,22-,23+,28+/m0/s1. The average molecular weight is 570 g/mol. The number of nitrogens with zero attached hydrogens (tertiary/aromatic N) is 3. The molecule has 0 spiro atoms. The summed E-state index contributed by atoms with van der Waals surface area (Å²) in [4.78, 5) is 39.2. The molecule has 9 nitrogen and oxygen atoms in total. The average Bonchev–Trinajstić information content (AvgIpc) is 3.48. The predicted octanol–water partition coefficient (Wildman–Crippen LogP) is 4.46. The van der Waals surface area contributed by atoms with Crippen molar-refractivity contribution in [3.8, 4) is 0 Å². The molecular formula is C28H31N3O6S2. The molecule has 2 N–H and O–H groups in total. The van der Waals surface area contributed by atoms with Gasteiger partial charge < -0.3 is 10.2 Å². The summed E-state index contributed by atoms with van der Waals surface area (Å²) in [6, 6.07) is 16.6. The van der Waals surface area contributed by atoms with Crippen LogP contribution >= 0.6 is 23.5 Å². The highest BCUT2D eigenvalue weighted by Crippen LogP contribution is 2.63. The van der Waals surface area contributed by atoms with Crippen molar-refractivity contribution >= 4 is 41.1 Å². The minimum Gasteiger partial charge on any atom is -0.477 e. The molecule has 0 saturated carbocycles. The first-order valence-corrected chi connectivity index (χ1v) is 14.9. The van der Waals surface area contributed by atoms with Crippen LogP contribution in [0, 0.1) is 16.0 Å². The Morgan fingerprint density at radius 1 is 1.21 bits per heavy atom. The van der Waals surface area contributed by atoms with Crippen LogP contribution < -0.4 is 0 Å². The molecule has 0 unspecified atom stereocenters. The molecule has 3 heterocycles. The Bertz CT molecular complexity index is 1290. The second-order valence-electron chi connectivity index (χ2n) is 10.2. The summed E-state index contributed by atoms with van der Waals surface area (Å²) in [7, 11) is 0. The second kappa shape index (κ2) is 11.3. The van der Waals surface area contributed by atoms with Gasteiger partial charge in [-0.25, -0.2) is 4.79 Å². The van der Waals surface area contributed by atoms with E-state index >= 15 is 0 Å². The number of likely N-dealkylation sites (tertiary alicyclic amines) is 1. The van der Waals surface area contributed by atoms with E-state index < -0.39 is 33.7 Å². The van der Waals surface area contributed by atoms with Crippen LogP contribution in [0.15, 0.2) is 64.5 Å². The molecule has 39 heavy (non-hydrogen) atoms. The van der Waals surface area contributed by atoms with Crippen LogP contribution in [0.2, 0.25) is 0 Å². The van der Waals surface area contributed by atoms with E-state index in [0.717, 1.165) is 31.5 Å². The SMILES string of the molecule is CC[C@H](O)[C@@H]1C(=O)N2C(C(=O)O)=C(SC[C@@H]3CCCN3Cc3ccccc3)S[C@]12Cc1ccc([N+](=O)[O-])cc1. The number of β-lactam (4-membered cyclic amide) rings is 1. The van der Waals surface area contributed by atoms with E-state index in [4.69, 9.17) is 0 Å². The minimum absolute atomic E-state index is 0.0240. The number of carboxylic acids is 1. The molecule has 0 aromatic heterocycles. The third-order valence-electron chi connectivity index (χ3n) is 7.78. The first-order chi connectivity index (χ1) is 18.7. The summed E-state index contributed by atoms with van der Waals surface area (Å²) in [6.07, 6.45) is 1.81. The van der Waals surface area contributed by atoms with Crippen LogP contribution in [0.1, 0.15) is 37.3 Å². The van der Waals surface area contributed by atoms with Gasteiger partial charge in [-0.15, -0.1) is 11.8 Å². The van der Waals surface area contributed by atoms with Crippen molar-refractivity contribution in [3.63, 3.8) is 0 Å². The van der Waals surface area contributed by atoms with Crippen molar-refractivity contribution in [1.29, 1.82) is 0 Å². The maximum atomic E-state index is 13.3. The van der Waals surface area contributed by atoms with Gasteiger partial charge in [0.05, 0.1) is 21.2 Å². The highest BCUT2D eigenvalue weighted by atomic mass is 32.2. The monoisotopic (exact) mass is 569 g/mol. The Labute approximate surface area is 235 Å². The number of thioether (sulfide) groups is 2. The number of benzene rings is 2. The van der Waals surface area contributed by atoms with E-state index in [1.807, 2.05) is 18.2 Å². The summed E-state index contributed by atoms with van der Waals surface area (Å²) < 4.78 is 0.579. The lowest BCUT2D eigenvalue weighted by atomic mass is 9.77. The van der Waals surface area contributed by atoms with E-state index in [1.54, 1.807) is 19.1 Å². The zero-order valence-electron chi connectivity index (χ0n) is 21.6. The number of hydrogen-bond donors (Lipinski definition) is 2. The van der Waals surface area contributed by atoms with Gasteiger partial charge in [-0.05, 0) is 36.9 Å². The van der Waals surface area contributed by atoms with Crippen molar-refractivity contribution in [1.82, 2.24) is 9.80 Å². The summed E-state index contributed by atoms with van der Waals surface area (Å²) >= 11 is 2.82. The number of aliphatic hydroxyl groups excluding tert-OH is 1. The van der Waals surface area contributed by atoms with Crippen LogP contribution in [0.4, 0.5) is 5.69 Å². The predicted molar refractivity (Wildman–Crippen MR) is 151 cm³/mol. The van der Waals surface area contributed by atoms with Crippen LogP contribution in [0.3, 0.4) is 0 Å². The van der Waals surface area contributed by atoms with Gasteiger partial charge in [0, 0.05) is 36.9 Å². The normalized spacial score (nSPS) is 25.5. The van der Waals surface area contributed by atoms with Crippen LogP contribution in [0.25, 0.3) is 0 Å². The minimum atomic E-state index is -1.17. The van der Waals surface area contributed by atoms with E-state index in [2.05, 4.69) is 17.0 Å². The van der Waals surface area contributed by atoms with Crippen molar-refractivity contribution in [2.45, 2.75) is 56.2 Å². The highest BCUT2D eigenvalue weighted by molar-refractivity contribution is 8.23. The third kappa shape index (κ3) is 5.20. The zero-order chi connectivity index (χ0) is 27.7. The summed E-state index contributed by atoms with van der Waals surface area (Å²) in [5, 5.41) is 32.1. The quantitative estimate of drug-likeness (QED) is 0.229. The third-order valence-corrected chi connectivity index (χ3v) is 10.7. The Morgan fingerprint density at radius 3 is 2.56 bits per heavy atom. The molecule has 2 saturated heterocycles. The number of carbonyl (C=O) groups excluding carboxylic acids is 1. The molecule has 2 fully saturated rings. The van der Waals surface area contributed by atoms with Gasteiger partial charge in [0.1, 0.15) is 4.87 Å². The molecule has 4 atom stereocenters. The fraction of sp³-hybridized carbons (Fsp3) is 0.429. The molecule has 0 aliphatic carbocycles. The maximum absolute atomic E-state index is 13.3. The molecule has 206 valence electrons. The van der Waals surface area contributed by atoms with Crippen LogP contribution in [0.5, 0.6) is 0 Å².